The van der Waals surface area contributed by atoms with Crippen LogP contribution < -0.4 is 5.32 Å². The maximum absolute atomic E-state index is 4.78. The Morgan fingerprint density at radius 2 is 2.05 bits per heavy atom. The van der Waals surface area contributed by atoms with Gasteiger partial charge in [-0.05, 0) is 38.9 Å². The minimum absolute atomic E-state index is 0.169. The molecule has 1 aromatic heterocycles. The minimum atomic E-state index is 0.169. The van der Waals surface area contributed by atoms with Gasteiger partial charge in [-0.1, -0.05) is 20.8 Å². The zero-order valence-electron chi connectivity index (χ0n) is 12.7. The van der Waals surface area contributed by atoms with E-state index in [1.165, 1.54) is 43.2 Å². The van der Waals surface area contributed by atoms with Crippen molar-refractivity contribution in [3.05, 3.63) is 16.1 Å². The lowest BCUT2D eigenvalue weighted by molar-refractivity contribution is 0.234. The topological polar surface area (TPSA) is 28.2 Å². The van der Waals surface area contributed by atoms with Crippen LogP contribution in [0.3, 0.4) is 0 Å². The van der Waals surface area contributed by atoms with Crippen LogP contribution in [0.5, 0.6) is 0 Å². The molecule has 0 bridgehead atoms. The van der Waals surface area contributed by atoms with Crippen molar-refractivity contribution in [2.45, 2.75) is 45.6 Å². The third kappa shape index (κ3) is 4.55. The molecule has 19 heavy (non-hydrogen) atoms. The van der Waals surface area contributed by atoms with E-state index in [9.17, 15) is 0 Å². The first-order chi connectivity index (χ1) is 8.95. The van der Waals surface area contributed by atoms with Gasteiger partial charge in [0, 0.05) is 17.3 Å². The fourth-order valence-corrected chi connectivity index (χ4v) is 3.63. The maximum atomic E-state index is 4.78. The molecule has 2 rings (SSSR count). The molecule has 0 radical (unpaired) electrons. The largest absolute Gasteiger partial charge is 0.317 e. The zero-order valence-corrected chi connectivity index (χ0v) is 13.5. The summed E-state index contributed by atoms with van der Waals surface area (Å²) in [5, 5.41) is 6.90. The number of rotatable bonds is 4. The summed E-state index contributed by atoms with van der Waals surface area (Å²) in [6.45, 7) is 11.2. The molecule has 0 aliphatic carbocycles. The van der Waals surface area contributed by atoms with E-state index < -0.39 is 0 Å². The number of aromatic nitrogens is 1. The molecule has 0 atom stereocenters. The molecule has 1 saturated heterocycles. The number of piperidine rings is 1. The van der Waals surface area contributed by atoms with Crippen LogP contribution in [0, 0.1) is 5.92 Å². The summed E-state index contributed by atoms with van der Waals surface area (Å²) in [5.74, 6) is 0.855. The van der Waals surface area contributed by atoms with E-state index in [0.717, 1.165) is 12.5 Å². The number of thiazole rings is 1. The summed E-state index contributed by atoms with van der Waals surface area (Å²) < 4.78 is 0. The molecule has 0 saturated carbocycles. The number of nitrogens with zero attached hydrogens (tertiary/aromatic N) is 2. The first kappa shape index (κ1) is 14.9. The van der Waals surface area contributed by atoms with Crippen LogP contribution in [0.15, 0.2) is 5.38 Å². The van der Waals surface area contributed by atoms with Crippen LogP contribution in [0.1, 0.15) is 44.3 Å². The quantitative estimate of drug-likeness (QED) is 0.920. The van der Waals surface area contributed by atoms with Crippen molar-refractivity contribution in [2.75, 3.05) is 26.7 Å². The standard InChI is InChI=1S/C15H27N3S/c1-15(2,3)13-11-19-14(17-13)10-18(4)9-12-5-7-16-8-6-12/h11-12,16H,5-10H2,1-4H3. The average Bonchev–Trinajstić information content (AvgIpc) is 2.78. The number of hydrogen-bond donors (Lipinski definition) is 1. The monoisotopic (exact) mass is 281 g/mol. The second-order valence-electron chi connectivity index (χ2n) is 6.77. The summed E-state index contributed by atoms with van der Waals surface area (Å²) in [5.41, 5.74) is 1.39. The van der Waals surface area contributed by atoms with Gasteiger partial charge in [0.25, 0.3) is 0 Å². The Labute approximate surface area is 121 Å². The summed E-state index contributed by atoms with van der Waals surface area (Å²) >= 11 is 1.80. The van der Waals surface area contributed by atoms with E-state index in [1.54, 1.807) is 11.3 Å². The Balaban J connectivity index is 1.84. The molecule has 1 N–H and O–H groups in total. The molecule has 4 heteroatoms. The van der Waals surface area contributed by atoms with Crippen LogP contribution in [0.4, 0.5) is 0 Å². The second-order valence-corrected chi connectivity index (χ2v) is 7.71. The second kappa shape index (κ2) is 6.33. The Kier molecular flexibility index (Phi) is 4.98. The molecule has 0 aromatic carbocycles. The summed E-state index contributed by atoms with van der Waals surface area (Å²) in [7, 11) is 2.22. The van der Waals surface area contributed by atoms with Gasteiger partial charge in [-0.3, -0.25) is 4.90 Å². The Morgan fingerprint density at radius 3 is 2.63 bits per heavy atom. The molecular weight excluding hydrogens is 254 g/mol. The van der Waals surface area contributed by atoms with Crippen LogP contribution in [0.2, 0.25) is 0 Å². The summed E-state index contributed by atoms with van der Waals surface area (Å²) in [6.07, 6.45) is 2.63. The van der Waals surface area contributed by atoms with Gasteiger partial charge >= 0.3 is 0 Å². The third-order valence-electron chi connectivity index (χ3n) is 3.75. The predicted molar refractivity (Wildman–Crippen MR) is 82.7 cm³/mol. The molecule has 1 aliphatic rings. The zero-order chi connectivity index (χ0) is 13.9. The van der Waals surface area contributed by atoms with E-state index >= 15 is 0 Å². The van der Waals surface area contributed by atoms with E-state index in [1.807, 2.05) is 0 Å². The average molecular weight is 281 g/mol. The van der Waals surface area contributed by atoms with Crippen molar-refractivity contribution in [3.63, 3.8) is 0 Å². The smallest absolute Gasteiger partial charge is 0.107 e. The molecule has 1 fully saturated rings. The van der Waals surface area contributed by atoms with Gasteiger partial charge in [0.1, 0.15) is 5.01 Å². The van der Waals surface area contributed by atoms with E-state index in [0.29, 0.717) is 0 Å². The van der Waals surface area contributed by atoms with Crippen LogP contribution >= 0.6 is 11.3 Å². The molecule has 0 spiro atoms. The molecule has 0 amide bonds. The summed E-state index contributed by atoms with van der Waals surface area (Å²) in [4.78, 5) is 7.21. The fraction of sp³-hybridized carbons (Fsp3) is 0.800. The Bertz CT molecular complexity index is 388. The van der Waals surface area contributed by atoms with Gasteiger partial charge in [0.15, 0.2) is 0 Å². The highest BCUT2D eigenvalue weighted by Gasteiger charge is 2.19. The van der Waals surface area contributed by atoms with Gasteiger partial charge in [0.05, 0.1) is 12.2 Å². The molecule has 2 heterocycles. The molecule has 1 aromatic rings. The van der Waals surface area contributed by atoms with Crippen LogP contribution in [-0.2, 0) is 12.0 Å². The normalized spacial score (nSPS) is 18.2. The van der Waals surface area contributed by atoms with E-state index in [-0.39, 0.29) is 5.41 Å². The number of hydrogen-bond acceptors (Lipinski definition) is 4. The van der Waals surface area contributed by atoms with Crippen LogP contribution in [0.25, 0.3) is 0 Å². The lowest BCUT2D eigenvalue weighted by atomic mass is 9.93. The van der Waals surface area contributed by atoms with Crippen molar-refractivity contribution in [1.82, 2.24) is 15.2 Å². The van der Waals surface area contributed by atoms with Gasteiger partial charge in [-0.25, -0.2) is 4.98 Å². The predicted octanol–water partition coefficient (Wildman–Crippen LogP) is 2.87. The van der Waals surface area contributed by atoms with Crippen molar-refractivity contribution < 1.29 is 0 Å². The van der Waals surface area contributed by atoms with E-state index in [2.05, 4.69) is 43.4 Å². The molecule has 3 nitrogen and oxygen atoms in total. The van der Waals surface area contributed by atoms with Gasteiger partial charge < -0.3 is 5.32 Å². The molecule has 108 valence electrons. The molecule has 0 unspecified atom stereocenters. The van der Waals surface area contributed by atoms with Crippen molar-refractivity contribution >= 4 is 11.3 Å². The van der Waals surface area contributed by atoms with Gasteiger partial charge in [-0.2, -0.15) is 0 Å². The Hall–Kier alpha value is -0.450. The van der Waals surface area contributed by atoms with Crippen molar-refractivity contribution in [2.24, 2.45) is 5.92 Å². The summed E-state index contributed by atoms with van der Waals surface area (Å²) in [6, 6.07) is 0. The SMILES string of the molecule is CN(Cc1nc(C(C)(C)C)cs1)CC1CCNCC1. The fourth-order valence-electron chi connectivity index (χ4n) is 2.53. The third-order valence-corrected chi connectivity index (χ3v) is 4.59. The highest BCUT2D eigenvalue weighted by molar-refractivity contribution is 7.09. The van der Waals surface area contributed by atoms with E-state index in [4.69, 9.17) is 4.98 Å². The Morgan fingerprint density at radius 1 is 1.37 bits per heavy atom. The number of nitrogens with one attached hydrogen (secondary N) is 1. The first-order valence-electron chi connectivity index (χ1n) is 7.29. The van der Waals surface area contributed by atoms with Crippen molar-refractivity contribution in [3.8, 4) is 0 Å². The molecule has 1 aliphatic heterocycles. The highest BCUT2D eigenvalue weighted by atomic mass is 32.1. The first-order valence-corrected chi connectivity index (χ1v) is 8.17. The molecular formula is C15H27N3S. The van der Waals surface area contributed by atoms with Gasteiger partial charge in [-0.15, -0.1) is 11.3 Å². The van der Waals surface area contributed by atoms with Crippen molar-refractivity contribution in [1.29, 1.82) is 0 Å². The van der Waals surface area contributed by atoms with Gasteiger partial charge in [0.2, 0.25) is 0 Å². The van der Waals surface area contributed by atoms with Crippen LogP contribution in [-0.4, -0.2) is 36.6 Å². The lowest BCUT2D eigenvalue weighted by Gasteiger charge is -2.27. The highest BCUT2D eigenvalue weighted by Crippen LogP contribution is 2.24. The minimum Gasteiger partial charge on any atom is -0.317 e. The maximum Gasteiger partial charge on any atom is 0.107 e. The lowest BCUT2D eigenvalue weighted by Crippen LogP contribution is -2.34.